The zero-order chi connectivity index (χ0) is 93.2. The van der Waals surface area contributed by atoms with E-state index in [1.54, 1.807) is 0 Å². The molecule has 9 heteroatoms. The highest BCUT2D eigenvalue weighted by atomic mass is 16.3. The quantitative estimate of drug-likeness (QED) is 0.0961. The van der Waals surface area contributed by atoms with Crippen molar-refractivity contribution in [1.29, 1.82) is 0 Å². The SMILES string of the molecule is c1ccc(-c2ccc(N(c3ccc(-c4ccccc4)cc3)c3ccc4c(c3)oc3ccc(-n5c6ccccc6c6ccccc65)cc34)cc2)cc1.c1ccc(-c2ccc(N(c3cccc(-c4ccccc4)c3)c3ccc4c(c3)oc3ccc(-n5c6ccccc6c6ccccc65)cc34)cc2)cc1.c1ccc(N(c2ccccc2)c2ccc3c(c2)oc2ccc(-n4c5ccccc5c5ccccc54)cc23)cc1. The Morgan fingerprint density at radius 2 is 0.326 bits per heavy atom. The van der Waals surface area contributed by atoms with Gasteiger partial charge in [-0.25, -0.2) is 0 Å². The molecule has 0 atom stereocenters. The second-order valence-corrected chi connectivity index (χ2v) is 35.8. The minimum atomic E-state index is 0.854. The summed E-state index contributed by atoms with van der Waals surface area (Å²) in [5.74, 6) is 0. The van der Waals surface area contributed by atoms with Gasteiger partial charge in [0.15, 0.2) is 0 Å². The summed E-state index contributed by atoms with van der Waals surface area (Å²) < 4.78 is 26.7. The summed E-state index contributed by atoms with van der Waals surface area (Å²) >= 11 is 0. The third-order valence-electron chi connectivity index (χ3n) is 27.5. The van der Waals surface area contributed by atoms with E-state index < -0.39 is 0 Å². The third-order valence-corrected chi connectivity index (χ3v) is 27.5. The molecule has 0 fully saturated rings. The molecule has 0 amide bonds. The molecule has 0 unspecified atom stereocenters. The summed E-state index contributed by atoms with van der Waals surface area (Å²) in [4.78, 5) is 6.88. The zero-order valence-electron chi connectivity index (χ0n) is 76.7. The lowest BCUT2D eigenvalue weighted by Gasteiger charge is -2.26. The molecule has 6 aromatic heterocycles. The lowest BCUT2D eigenvalue weighted by atomic mass is 10.0. The Hall–Kier alpha value is -19.0. The molecule has 141 heavy (non-hydrogen) atoms. The number of benzene rings is 22. The number of nitrogens with zero attached hydrogens (tertiary/aromatic N) is 6. The molecule has 664 valence electrons. The van der Waals surface area contributed by atoms with Crippen LogP contribution in [-0.4, -0.2) is 13.7 Å². The molecule has 0 saturated heterocycles. The topological polar surface area (TPSA) is 63.9 Å². The monoisotopic (exact) mass is 1800 g/mol. The Labute approximate surface area is 813 Å². The van der Waals surface area contributed by atoms with Gasteiger partial charge in [0.1, 0.15) is 33.5 Å². The average molecular weight is 1810 g/mol. The van der Waals surface area contributed by atoms with Crippen LogP contribution in [0.4, 0.5) is 51.2 Å². The highest BCUT2D eigenvalue weighted by molar-refractivity contribution is 6.15. The van der Waals surface area contributed by atoms with Crippen molar-refractivity contribution in [3.63, 3.8) is 0 Å². The summed E-state index contributed by atoms with van der Waals surface area (Å²) in [5.41, 5.74) is 34.9. The second kappa shape index (κ2) is 35.4. The molecule has 9 nitrogen and oxygen atoms in total. The van der Waals surface area contributed by atoms with Gasteiger partial charge in [-0.2, -0.15) is 0 Å². The molecule has 0 bridgehead atoms. The molecule has 0 radical (unpaired) electrons. The Morgan fingerprint density at radius 1 is 0.121 bits per heavy atom. The summed E-state index contributed by atoms with van der Waals surface area (Å²) in [5, 5.41) is 14.1. The molecule has 0 aliphatic carbocycles. The van der Waals surface area contributed by atoms with E-state index in [4.69, 9.17) is 13.3 Å². The van der Waals surface area contributed by atoms with Crippen LogP contribution in [0.5, 0.6) is 0 Å². The van der Waals surface area contributed by atoms with E-state index in [0.29, 0.717) is 0 Å². The maximum absolute atomic E-state index is 6.60. The molecule has 0 aliphatic heterocycles. The average Bonchev–Trinajstić information content (AvgIpc) is 1.60. The normalized spacial score (nSPS) is 11.5. The first kappa shape index (κ1) is 82.7. The van der Waals surface area contributed by atoms with Crippen molar-refractivity contribution in [3.8, 4) is 61.6 Å². The number of para-hydroxylation sites is 8. The Balaban J connectivity index is 0.000000110. The lowest BCUT2D eigenvalue weighted by Crippen LogP contribution is -2.10. The summed E-state index contributed by atoms with van der Waals surface area (Å²) in [6, 6.07) is 189. The van der Waals surface area contributed by atoms with Crippen molar-refractivity contribution < 1.29 is 13.3 Å². The van der Waals surface area contributed by atoms with Gasteiger partial charge in [0, 0.05) is 151 Å². The van der Waals surface area contributed by atoms with Gasteiger partial charge < -0.3 is 41.7 Å². The van der Waals surface area contributed by atoms with Gasteiger partial charge in [-0.15, -0.1) is 0 Å². The van der Waals surface area contributed by atoms with E-state index in [0.717, 1.165) is 134 Å². The molecule has 0 aliphatic rings. The van der Waals surface area contributed by atoms with Crippen molar-refractivity contribution in [1.82, 2.24) is 13.7 Å². The van der Waals surface area contributed by atoms with Gasteiger partial charge in [-0.05, 0) is 245 Å². The Kier molecular flexibility index (Phi) is 20.7. The maximum atomic E-state index is 6.60. The summed E-state index contributed by atoms with van der Waals surface area (Å²) in [6.45, 7) is 0. The predicted octanol–water partition coefficient (Wildman–Crippen LogP) is 37.1. The van der Waals surface area contributed by atoms with Crippen LogP contribution in [-0.2, 0) is 0 Å². The molecule has 22 aromatic carbocycles. The molecule has 0 spiro atoms. The van der Waals surface area contributed by atoms with Gasteiger partial charge in [0.2, 0.25) is 0 Å². The first-order valence-corrected chi connectivity index (χ1v) is 47.9. The van der Waals surface area contributed by atoms with Crippen LogP contribution in [0, 0.1) is 0 Å². The molecule has 0 N–H and O–H groups in total. The number of anilines is 9. The second-order valence-electron chi connectivity index (χ2n) is 35.8. The van der Waals surface area contributed by atoms with Gasteiger partial charge in [0.25, 0.3) is 0 Å². The highest BCUT2D eigenvalue weighted by Crippen LogP contribution is 2.48. The van der Waals surface area contributed by atoms with E-state index in [1.165, 1.54) is 110 Å². The number of fused-ring (bicyclic) bond motifs is 18. The van der Waals surface area contributed by atoms with Crippen LogP contribution < -0.4 is 14.7 Å². The minimum Gasteiger partial charge on any atom is -0.456 e. The van der Waals surface area contributed by atoms with Crippen molar-refractivity contribution in [2.75, 3.05) is 14.7 Å². The summed E-state index contributed by atoms with van der Waals surface area (Å²) in [7, 11) is 0. The van der Waals surface area contributed by atoms with Crippen LogP contribution in [0.3, 0.4) is 0 Å². The number of aromatic nitrogens is 3. The smallest absolute Gasteiger partial charge is 0.137 e. The standard InChI is InChI=1S/2C48H32N2O.C36H24N2O/c1-3-12-33(13-4-1)35-22-24-37(25-23-35)49(38-17-11-16-36(30-38)34-14-5-2-6-15-34)40-26-28-43-44-31-39(27-29-47(44)51-48(43)32-40)50-45-20-9-7-18-41(45)42-19-8-10-21-46(42)50;1-3-11-33(12-4-1)35-19-23-37(24-20-35)49(38-25-21-36(22-26-38)34-13-5-2-6-14-34)40-27-29-43-44-31-39(28-30-47(44)51-48(43)32-40)50-45-17-9-7-15-41(45)42-16-8-10-18-46(42)50;1-3-11-25(12-4-1)37(26-13-5-2-6-14-26)28-19-21-31-32-23-27(20-22-35(32)39-36(31)24-28)38-33-17-9-7-15-29(33)30-16-8-10-18-34(30)38/h2*1-32H;1-24H. The zero-order valence-corrected chi connectivity index (χ0v) is 76.7. The lowest BCUT2D eigenvalue weighted by molar-refractivity contribution is 0.668. The van der Waals surface area contributed by atoms with Gasteiger partial charge in [0.05, 0.1) is 33.1 Å². The molecule has 6 heterocycles. The van der Waals surface area contributed by atoms with E-state index in [9.17, 15) is 0 Å². The molecule has 28 aromatic rings. The number of furan rings is 3. The van der Waals surface area contributed by atoms with Crippen molar-refractivity contribution in [2.45, 2.75) is 0 Å². The van der Waals surface area contributed by atoms with E-state index in [1.807, 2.05) is 12.1 Å². The fourth-order valence-electron chi connectivity index (χ4n) is 20.9. The number of hydrogen-bond acceptors (Lipinski definition) is 6. The van der Waals surface area contributed by atoms with Crippen LogP contribution in [0.2, 0.25) is 0 Å². The van der Waals surface area contributed by atoms with Crippen LogP contribution in [0.15, 0.2) is 547 Å². The molecular formula is C132H88N6O3. The first-order chi connectivity index (χ1) is 69.9. The van der Waals surface area contributed by atoms with E-state index in [2.05, 4.69) is 550 Å². The molecular weight excluding hydrogens is 1720 g/mol. The Bertz CT molecular complexity index is 9260. The first-order valence-electron chi connectivity index (χ1n) is 47.9. The largest absolute Gasteiger partial charge is 0.456 e. The van der Waals surface area contributed by atoms with E-state index >= 15 is 0 Å². The predicted molar refractivity (Wildman–Crippen MR) is 590 cm³/mol. The number of hydrogen-bond donors (Lipinski definition) is 0. The van der Waals surface area contributed by atoms with E-state index in [-0.39, 0.29) is 0 Å². The fraction of sp³-hybridized carbons (Fsp3) is 0. The maximum Gasteiger partial charge on any atom is 0.137 e. The van der Waals surface area contributed by atoms with Crippen molar-refractivity contribution in [2.24, 2.45) is 0 Å². The van der Waals surface area contributed by atoms with Crippen LogP contribution in [0.1, 0.15) is 0 Å². The minimum absolute atomic E-state index is 0.854. The number of rotatable bonds is 16. The molecule has 0 saturated carbocycles. The van der Waals surface area contributed by atoms with Crippen LogP contribution >= 0.6 is 0 Å². The van der Waals surface area contributed by atoms with Gasteiger partial charge in [-0.3, -0.25) is 0 Å². The fourth-order valence-corrected chi connectivity index (χ4v) is 20.9. The highest BCUT2D eigenvalue weighted by Gasteiger charge is 2.25. The van der Waals surface area contributed by atoms with Gasteiger partial charge >= 0.3 is 0 Å². The van der Waals surface area contributed by atoms with Crippen molar-refractivity contribution in [3.05, 3.63) is 534 Å². The summed E-state index contributed by atoms with van der Waals surface area (Å²) in [6.07, 6.45) is 0. The van der Waals surface area contributed by atoms with Crippen molar-refractivity contribution >= 4 is 182 Å². The van der Waals surface area contributed by atoms with Gasteiger partial charge in [-0.1, -0.05) is 315 Å². The molecule has 28 rings (SSSR count). The Morgan fingerprint density at radius 3 is 0.610 bits per heavy atom. The third kappa shape index (κ3) is 15.1. The van der Waals surface area contributed by atoms with Crippen LogP contribution in [0.25, 0.3) is 193 Å².